The minimum atomic E-state index is 0.231. The summed E-state index contributed by atoms with van der Waals surface area (Å²) < 4.78 is 0. The number of fused-ring (bicyclic) bond motifs is 1. The third-order valence-electron chi connectivity index (χ3n) is 3.94. The molecule has 3 heteroatoms. The Morgan fingerprint density at radius 3 is 2.90 bits per heavy atom. The van der Waals surface area contributed by atoms with Crippen molar-refractivity contribution >= 4 is 16.7 Å². The maximum atomic E-state index is 12.5. The van der Waals surface area contributed by atoms with Crippen molar-refractivity contribution in [3.05, 3.63) is 48.0 Å². The minimum absolute atomic E-state index is 0.231. The third kappa shape index (κ3) is 2.68. The number of nitrogens with zero attached hydrogens (tertiary/aromatic N) is 1. The smallest absolute Gasteiger partial charge is 0.227 e. The van der Waals surface area contributed by atoms with Gasteiger partial charge in [-0.3, -0.25) is 4.79 Å². The topological polar surface area (TPSA) is 32.3 Å². The Kier molecular flexibility index (Phi) is 3.70. The Bertz CT molecular complexity index is 618. The maximum Gasteiger partial charge on any atom is 0.227 e. The monoisotopic (exact) mass is 268 g/mol. The lowest BCUT2D eigenvalue weighted by Gasteiger charge is -2.32. The van der Waals surface area contributed by atoms with E-state index in [-0.39, 0.29) is 5.91 Å². The largest absolute Gasteiger partial charge is 0.340 e. The Hall–Kier alpha value is -1.87. The Balaban J connectivity index is 1.80. The number of hydrogen-bond donors (Lipinski definition) is 1. The van der Waals surface area contributed by atoms with E-state index in [1.54, 1.807) is 0 Å². The average Bonchev–Trinajstić information content (AvgIpc) is 2.47. The minimum Gasteiger partial charge on any atom is -0.340 e. The van der Waals surface area contributed by atoms with Crippen LogP contribution >= 0.6 is 0 Å². The molecule has 2 aromatic carbocycles. The van der Waals surface area contributed by atoms with E-state index in [1.165, 1.54) is 10.8 Å². The van der Waals surface area contributed by atoms with E-state index in [0.717, 1.165) is 25.2 Å². The van der Waals surface area contributed by atoms with Gasteiger partial charge in [0, 0.05) is 25.7 Å². The fourth-order valence-electron chi connectivity index (χ4n) is 2.88. The van der Waals surface area contributed by atoms with E-state index < -0.39 is 0 Å². The van der Waals surface area contributed by atoms with Gasteiger partial charge >= 0.3 is 0 Å². The predicted octanol–water partition coefficient (Wildman–Crippen LogP) is 2.20. The molecule has 0 saturated carbocycles. The quantitative estimate of drug-likeness (QED) is 0.905. The second-order valence-electron chi connectivity index (χ2n) is 5.51. The molecule has 1 N–H and O–H groups in total. The predicted molar refractivity (Wildman–Crippen MR) is 81.7 cm³/mol. The average molecular weight is 268 g/mol. The van der Waals surface area contributed by atoms with Crippen LogP contribution in [0.25, 0.3) is 10.8 Å². The zero-order valence-corrected chi connectivity index (χ0v) is 11.8. The number of piperazine rings is 1. The zero-order chi connectivity index (χ0) is 13.9. The van der Waals surface area contributed by atoms with Crippen LogP contribution in [0.2, 0.25) is 0 Å². The van der Waals surface area contributed by atoms with Crippen molar-refractivity contribution in [3.63, 3.8) is 0 Å². The maximum absolute atomic E-state index is 12.5. The van der Waals surface area contributed by atoms with Crippen molar-refractivity contribution in [1.29, 1.82) is 0 Å². The number of hydrogen-bond acceptors (Lipinski definition) is 2. The van der Waals surface area contributed by atoms with Crippen LogP contribution in [0.3, 0.4) is 0 Å². The van der Waals surface area contributed by atoms with Gasteiger partial charge in [0.1, 0.15) is 0 Å². The van der Waals surface area contributed by atoms with Crippen molar-refractivity contribution in [2.75, 3.05) is 19.6 Å². The molecule has 1 amide bonds. The molecule has 0 aromatic heterocycles. The summed E-state index contributed by atoms with van der Waals surface area (Å²) in [7, 11) is 0. The second-order valence-corrected chi connectivity index (χ2v) is 5.51. The first-order chi connectivity index (χ1) is 9.74. The lowest BCUT2D eigenvalue weighted by atomic mass is 10.0. The van der Waals surface area contributed by atoms with E-state index in [4.69, 9.17) is 0 Å². The molecule has 0 radical (unpaired) electrons. The SMILES string of the molecule is C[C@@H]1CN(C(=O)Cc2cccc3ccccc23)CCN1. The van der Waals surface area contributed by atoms with E-state index in [2.05, 4.69) is 36.5 Å². The molecular formula is C17H20N2O. The molecule has 3 rings (SSSR count). The van der Waals surface area contributed by atoms with Gasteiger partial charge in [-0.2, -0.15) is 0 Å². The molecule has 1 atom stereocenters. The highest BCUT2D eigenvalue weighted by molar-refractivity contribution is 5.90. The van der Waals surface area contributed by atoms with Crippen LogP contribution in [0.5, 0.6) is 0 Å². The molecule has 20 heavy (non-hydrogen) atoms. The lowest BCUT2D eigenvalue weighted by Crippen LogP contribution is -2.51. The molecule has 2 aromatic rings. The summed E-state index contributed by atoms with van der Waals surface area (Å²) in [5.41, 5.74) is 1.12. The number of benzene rings is 2. The third-order valence-corrected chi connectivity index (χ3v) is 3.94. The lowest BCUT2D eigenvalue weighted by molar-refractivity contribution is -0.131. The van der Waals surface area contributed by atoms with E-state index in [9.17, 15) is 4.79 Å². The first-order valence-corrected chi connectivity index (χ1v) is 7.22. The van der Waals surface area contributed by atoms with Crippen molar-refractivity contribution in [3.8, 4) is 0 Å². The van der Waals surface area contributed by atoms with Gasteiger partial charge in [-0.25, -0.2) is 0 Å². The number of carbonyl (C=O) groups excluding carboxylic acids is 1. The van der Waals surface area contributed by atoms with Gasteiger partial charge in [0.05, 0.1) is 6.42 Å². The summed E-state index contributed by atoms with van der Waals surface area (Å²) in [5, 5.41) is 5.75. The van der Waals surface area contributed by atoms with Crippen molar-refractivity contribution < 1.29 is 4.79 Å². The van der Waals surface area contributed by atoms with Crippen molar-refractivity contribution in [2.45, 2.75) is 19.4 Å². The Morgan fingerprint density at radius 1 is 1.25 bits per heavy atom. The van der Waals surface area contributed by atoms with Gasteiger partial charge in [0.2, 0.25) is 5.91 Å². The van der Waals surface area contributed by atoms with Crippen LogP contribution in [0.4, 0.5) is 0 Å². The standard InChI is InChI=1S/C17H20N2O/c1-13-12-19(10-9-18-13)17(20)11-15-7-4-6-14-5-2-3-8-16(14)15/h2-8,13,18H,9-12H2,1H3/t13-/m1/s1. The van der Waals surface area contributed by atoms with Crippen LogP contribution in [-0.2, 0) is 11.2 Å². The van der Waals surface area contributed by atoms with Crippen molar-refractivity contribution in [1.82, 2.24) is 10.2 Å². The molecule has 1 fully saturated rings. The Morgan fingerprint density at radius 2 is 2.05 bits per heavy atom. The summed E-state index contributed by atoms with van der Waals surface area (Å²) in [4.78, 5) is 14.4. The van der Waals surface area contributed by atoms with Crippen LogP contribution < -0.4 is 5.32 Å². The van der Waals surface area contributed by atoms with Crippen LogP contribution in [0, 0.1) is 0 Å². The number of nitrogens with one attached hydrogen (secondary N) is 1. The van der Waals surface area contributed by atoms with Crippen LogP contribution in [0.15, 0.2) is 42.5 Å². The number of carbonyl (C=O) groups is 1. The van der Waals surface area contributed by atoms with E-state index in [0.29, 0.717) is 12.5 Å². The second kappa shape index (κ2) is 5.63. The first-order valence-electron chi connectivity index (χ1n) is 7.22. The molecule has 0 unspecified atom stereocenters. The van der Waals surface area contributed by atoms with E-state index >= 15 is 0 Å². The molecule has 1 aliphatic rings. The highest BCUT2D eigenvalue weighted by Crippen LogP contribution is 2.19. The molecule has 104 valence electrons. The van der Waals surface area contributed by atoms with Gasteiger partial charge in [-0.05, 0) is 23.3 Å². The number of amides is 1. The molecule has 1 heterocycles. The summed E-state index contributed by atoms with van der Waals surface area (Å²) in [6.07, 6.45) is 0.494. The molecule has 3 nitrogen and oxygen atoms in total. The molecule has 1 saturated heterocycles. The Labute approximate surface area is 119 Å². The van der Waals surface area contributed by atoms with Crippen LogP contribution in [-0.4, -0.2) is 36.5 Å². The highest BCUT2D eigenvalue weighted by Gasteiger charge is 2.20. The summed E-state index contributed by atoms with van der Waals surface area (Å²) >= 11 is 0. The molecule has 1 aliphatic heterocycles. The first kappa shape index (κ1) is 13.1. The van der Waals surface area contributed by atoms with Gasteiger partial charge in [0.25, 0.3) is 0 Å². The molecule has 0 bridgehead atoms. The molecular weight excluding hydrogens is 248 g/mol. The zero-order valence-electron chi connectivity index (χ0n) is 11.8. The summed E-state index contributed by atoms with van der Waals surface area (Å²) in [5.74, 6) is 0.231. The fraction of sp³-hybridized carbons (Fsp3) is 0.353. The highest BCUT2D eigenvalue weighted by atomic mass is 16.2. The summed E-state index contributed by atoms with van der Waals surface area (Å²) in [6, 6.07) is 14.8. The van der Waals surface area contributed by atoms with Gasteiger partial charge in [0.15, 0.2) is 0 Å². The van der Waals surface area contributed by atoms with Gasteiger partial charge in [-0.1, -0.05) is 42.5 Å². The van der Waals surface area contributed by atoms with Gasteiger partial charge < -0.3 is 10.2 Å². The molecule has 0 aliphatic carbocycles. The normalized spacial score (nSPS) is 19.2. The molecule has 0 spiro atoms. The fourth-order valence-corrected chi connectivity index (χ4v) is 2.88. The van der Waals surface area contributed by atoms with Crippen LogP contribution in [0.1, 0.15) is 12.5 Å². The van der Waals surface area contributed by atoms with Gasteiger partial charge in [-0.15, -0.1) is 0 Å². The summed E-state index contributed by atoms with van der Waals surface area (Å²) in [6.45, 7) is 4.64. The van der Waals surface area contributed by atoms with Crippen molar-refractivity contribution in [2.24, 2.45) is 0 Å². The number of rotatable bonds is 2. The van der Waals surface area contributed by atoms with E-state index in [1.807, 2.05) is 23.1 Å².